The molecule has 1 fully saturated rings. The van der Waals surface area contributed by atoms with Crippen LogP contribution in [0.2, 0.25) is 0 Å². The van der Waals surface area contributed by atoms with Crippen molar-refractivity contribution >= 4 is 5.82 Å². The van der Waals surface area contributed by atoms with Crippen LogP contribution < -0.4 is 0 Å². The second kappa shape index (κ2) is 3.84. The first-order valence-corrected chi connectivity index (χ1v) is 4.96. The van der Waals surface area contributed by atoms with Gasteiger partial charge in [-0.15, -0.1) is 0 Å². The molecule has 2 heterocycles. The van der Waals surface area contributed by atoms with Crippen LogP contribution in [0.4, 0.5) is 5.82 Å². The van der Waals surface area contributed by atoms with Crippen molar-refractivity contribution < 1.29 is 14.4 Å². The molecule has 88 valence electrons. The molecule has 7 nitrogen and oxygen atoms in total. The molecule has 0 aromatic carbocycles. The number of ether oxygens (including phenoxy) is 2. The lowest BCUT2D eigenvalue weighted by atomic mass is 10.4. The molecule has 0 amide bonds. The van der Waals surface area contributed by atoms with Crippen LogP contribution in [0.5, 0.6) is 0 Å². The minimum absolute atomic E-state index is 0.116. The smallest absolute Gasteiger partial charge is 0.358 e. The summed E-state index contributed by atoms with van der Waals surface area (Å²) in [5.41, 5.74) is 0. The quantitative estimate of drug-likeness (QED) is 0.567. The molecule has 0 aliphatic carbocycles. The molecule has 1 aliphatic heterocycles. The van der Waals surface area contributed by atoms with Crippen molar-refractivity contribution in [2.24, 2.45) is 0 Å². The average molecular weight is 227 g/mol. The van der Waals surface area contributed by atoms with Crippen molar-refractivity contribution in [2.45, 2.75) is 32.3 Å². The van der Waals surface area contributed by atoms with Gasteiger partial charge in [0.15, 0.2) is 5.79 Å². The highest BCUT2D eigenvalue weighted by atomic mass is 16.7. The van der Waals surface area contributed by atoms with Gasteiger partial charge in [0.05, 0.1) is 30.5 Å². The highest BCUT2D eigenvalue weighted by Gasteiger charge is 2.33. The molecule has 0 unspecified atom stereocenters. The molecular weight excluding hydrogens is 214 g/mol. The van der Waals surface area contributed by atoms with Gasteiger partial charge in [0.1, 0.15) is 6.10 Å². The van der Waals surface area contributed by atoms with Crippen LogP contribution in [-0.2, 0) is 16.0 Å². The van der Waals surface area contributed by atoms with Crippen molar-refractivity contribution in [3.8, 4) is 0 Å². The molecule has 1 atom stereocenters. The van der Waals surface area contributed by atoms with E-state index in [0.29, 0.717) is 13.2 Å². The third-order valence-electron chi connectivity index (χ3n) is 2.27. The maximum Gasteiger partial charge on any atom is 0.389 e. The second-order valence-corrected chi connectivity index (χ2v) is 4.10. The summed E-state index contributed by atoms with van der Waals surface area (Å²) < 4.78 is 12.4. The number of hydrogen-bond donors (Lipinski definition) is 0. The van der Waals surface area contributed by atoms with E-state index in [2.05, 4.69) is 5.10 Å². The molecule has 16 heavy (non-hydrogen) atoms. The summed E-state index contributed by atoms with van der Waals surface area (Å²) in [4.78, 5) is 9.91. The van der Waals surface area contributed by atoms with Gasteiger partial charge >= 0.3 is 5.82 Å². The fraction of sp³-hybridized carbons (Fsp3) is 0.667. The first-order valence-electron chi connectivity index (χ1n) is 4.96. The van der Waals surface area contributed by atoms with Gasteiger partial charge in [-0.25, -0.2) is 0 Å². The van der Waals surface area contributed by atoms with Crippen LogP contribution in [0, 0.1) is 10.1 Å². The minimum Gasteiger partial charge on any atom is -0.358 e. The van der Waals surface area contributed by atoms with Gasteiger partial charge in [0, 0.05) is 0 Å². The van der Waals surface area contributed by atoms with Gasteiger partial charge in [-0.1, -0.05) is 0 Å². The number of rotatable bonds is 3. The number of aromatic nitrogens is 2. The highest BCUT2D eigenvalue weighted by molar-refractivity contribution is 5.14. The lowest BCUT2D eigenvalue weighted by molar-refractivity contribution is -0.389. The molecule has 0 saturated carbocycles. The van der Waals surface area contributed by atoms with Crippen LogP contribution in [-0.4, -0.2) is 33.2 Å². The second-order valence-electron chi connectivity index (χ2n) is 4.10. The lowest BCUT2D eigenvalue weighted by Gasteiger charge is -2.16. The van der Waals surface area contributed by atoms with Crippen molar-refractivity contribution in [2.75, 3.05) is 6.61 Å². The predicted molar refractivity (Wildman–Crippen MR) is 53.8 cm³/mol. The minimum atomic E-state index is -0.580. The van der Waals surface area contributed by atoms with E-state index in [1.54, 1.807) is 6.20 Å². The Kier molecular flexibility index (Phi) is 2.64. The Morgan fingerprint density at radius 1 is 1.75 bits per heavy atom. The molecule has 7 heteroatoms. The van der Waals surface area contributed by atoms with Crippen molar-refractivity contribution in [3.05, 3.63) is 22.4 Å². The maximum absolute atomic E-state index is 10.4. The Morgan fingerprint density at radius 2 is 2.50 bits per heavy atom. The average Bonchev–Trinajstić information content (AvgIpc) is 2.73. The Morgan fingerprint density at radius 3 is 3.00 bits per heavy atom. The first-order chi connectivity index (χ1) is 7.46. The van der Waals surface area contributed by atoms with Crippen LogP contribution in [0.15, 0.2) is 12.3 Å². The normalized spacial score (nSPS) is 23.5. The van der Waals surface area contributed by atoms with Gasteiger partial charge in [-0.3, -0.25) is 0 Å². The van der Waals surface area contributed by atoms with Crippen molar-refractivity contribution in [1.29, 1.82) is 0 Å². The third-order valence-corrected chi connectivity index (χ3v) is 2.27. The maximum atomic E-state index is 10.4. The van der Waals surface area contributed by atoms with Gasteiger partial charge in [-0.05, 0) is 18.8 Å². The SMILES string of the molecule is CC1(C)OC[C@@H](Cn2ccc([N+](=O)[O-])n2)O1. The Bertz CT molecular complexity index is 401. The van der Waals surface area contributed by atoms with Gasteiger partial charge in [0.25, 0.3) is 0 Å². The molecule has 0 radical (unpaired) electrons. The Labute approximate surface area is 92.1 Å². The van der Waals surface area contributed by atoms with E-state index in [4.69, 9.17) is 9.47 Å². The number of nitrogens with zero attached hydrogens (tertiary/aromatic N) is 3. The molecule has 1 aromatic rings. The summed E-state index contributed by atoms with van der Waals surface area (Å²) in [6.45, 7) is 4.59. The summed E-state index contributed by atoms with van der Waals surface area (Å²) in [6.07, 6.45) is 1.45. The zero-order valence-corrected chi connectivity index (χ0v) is 9.12. The fourth-order valence-electron chi connectivity index (χ4n) is 1.61. The van der Waals surface area contributed by atoms with E-state index in [1.807, 2.05) is 13.8 Å². The highest BCUT2D eigenvalue weighted by Crippen LogP contribution is 2.23. The van der Waals surface area contributed by atoms with Crippen molar-refractivity contribution in [1.82, 2.24) is 9.78 Å². The lowest BCUT2D eigenvalue weighted by Crippen LogP contribution is -2.24. The van der Waals surface area contributed by atoms with Crippen LogP contribution in [0.3, 0.4) is 0 Å². The number of nitro groups is 1. The number of hydrogen-bond acceptors (Lipinski definition) is 5. The van der Waals surface area contributed by atoms with E-state index < -0.39 is 10.7 Å². The summed E-state index contributed by atoms with van der Waals surface area (Å²) in [6, 6.07) is 1.36. The summed E-state index contributed by atoms with van der Waals surface area (Å²) in [5, 5.41) is 14.2. The molecular formula is C9H13N3O4. The summed E-state index contributed by atoms with van der Waals surface area (Å²) in [5.74, 6) is -0.734. The zero-order chi connectivity index (χ0) is 11.8. The van der Waals surface area contributed by atoms with Crippen LogP contribution in [0.1, 0.15) is 13.8 Å². The van der Waals surface area contributed by atoms with E-state index in [-0.39, 0.29) is 11.9 Å². The Balaban J connectivity index is 1.97. The van der Waals surface area contributed by atoms with Crippen LogP contribution >= 0.6 is 0 Å². The molecule has 1 saturated heterocycles. The third kappa shape index (κ3) is 2.37. The largest absolute Gasteiger partial charge is 0.389 e. The standard InChI is InChI=1S/C9H13N3O4/c1-9(2)15-6-7(16-9)5-11-4-3-8(10-11)12(13)14/h3-4,7H,5-6H2,1-2H3/t7-/m1/s1. The van der Waals surface area contributed by atoms with Crippen LogP contribution in [0.25, 0.3) is 0 Å². The van der Waals surface area contributed by atoms with Crippen molar-refractivity contribution in [3.63, 3.8) is 0 Å². The monoisotopic (exact) mass is 227 g/mol. The zero-order valence-electron chi connectivity index (χ0n) is 9.12. The molecule has 1 aromatic heterocycles. The first kappa shape index (κ1) is 11.0. The summed E-state index contributed by atoms with van der Waals surface area (Å²) >= 11 is 0. The van der Waals surface area contributed by atoms with E-state index in [9.17, 15) is 10.1 Å². The molecule has 0 bridgehead atoms. The molecule has 0 spiro atoms. The molecule has 1 aliphatic rings. The van der Waals surface area contributed by atoms with E-state index in [0.717, 1.165) is 0 Å². The van der Waals surface area contributed by atoms with Gasteiger partial charge in [0.2, 0.25) is 0 Å². The predicted octanol–water partition coefficient (Wildman–Crippen LogP) is 0.943. The van der Waals surface area contributed by atoms with E-state index >= 15 is 0 Å². The summed E-state index contributed by atoms with van der Waals surface area (Å²) in [7, 11) is 0. The van der Waals surface area contributed by atoms with Gasteiger partial charge in [-0.2, -0.15) is 4.68 Å². The molecule has 2 rings (SSSR count). The molecule has 0 N–H and O–H groups in total. The fourth-order valence-corrected chi connectivity index (χ4v) is 1.61. The van der Waals surface area contributed by atoms with Gasteiger partial charge < -0.3 is 19.6 Å². The topological polar surface area (TPSA) is 79.4 Å². The Hall–Kier alpha value is -1.47. The van der Waals surface area contributed by atoms with E-state index in [1.165, 1.54) is 10.7 Å².